The zero-order valence-corrected chi connectivity index (χ0v) is 16.2. The van der Waals surface area contributed by atoms with Gasteiger partial charge in [0.05, 0.1) is 10.9 Å². The van der Waals surface area contributed by atoms with Crippen molar-refractivity contribution in [2.24, 2.45) is 7.05 Å². The van der Waals surface area contributed by atoms with Gasteiger partial charge in [-0.2, -0.15) is 5.10 Å². The lowest BCUT2D eigenvalue weighted by Crippen LogP contribution is -2.36. The highest BCUT2D eigenvalue weighted by molar-refractivity contribution is 6.31. The highest BCUT2D eigenvalue weighted by Crippen LogP contribution is 2.19. The van der Waals surface area contributed by atoms with Crippen molar-refractivity contribution in [1.29, 1.82) is 0 Å². The van der Waals surface area contributed by atoms with E-state index in [0.717, 1.165) is 5.56 Å². The fraction of sp³-hybridized carbons (Fsp3) is 0.150. The molecule has 0 N–H and O–H groups in total. The molecule has 5 nitrogen and oxygen atoms in total. The first kappa shape index (κ1) is 19.1. The van der Waals surface area contributed by atoms with E-state index in [1.807, 2.05) is 18.2 Å². The van der Waals surface area contributed by atoms with Crippen LogP contribution < -0.4 is 5.43 Å². The van der Waals surface area contributed by atoms with Crippen molar-refractivity contribution < 1.29 is 4.79 Å². The predicted molar refractivity (Wildman–Crippen MR) is 108 cm³/mol. The highest BCUT2D eigenvalue weighted by Gasteiger charge is 2.22. The second kappa shape index (κ2) is 7.94. The van der Waals surface area contributed by atoms with E-state index >= 15 is 0 Å². The van der Waals surface area contributed by atoms with E-state index in [0.29, 0.717) is 20.9 Å². The number of hydrogen-bond acceptors (Lipinski definition) is 3. The van der Waals surface area contributed by atoms with Gasteiger partial charge in [0.15, 0.2) is 5.69 Å². The first-order valence-electron chi connectivity index (χ1n) is 8.22. The number of benzene rings is 2. The van der Waals surface area contributed by atoms with Crippen LogP contribution in [0.3, 0.4) is 0 Å². The van der Waals surface area contributed by atoms with E-state index in [9.17, 15) is 9.59 Å². The molecule has 0 saturated heterocycles. The molecule has 27 heavy (non-hydrogen) atoms. The van der Waals surface area contributed by atoms with Gasteiger partial charge in [0.2, 0.25) is 5.43 Å². The normalized spacial score (nSPS) is 10.8. The molecule has 0 unspecified atom stereocenters. The van der Waals surface area contributed by atoms with Crippen LogP contribution in [0.4, 0.5) is 0 Å². The van der Waals surface area contributed by atoms with Gasteiger partial charge in [-0.05, 0) is 29.8 Å². The average Bonchev–Trinajstić information content (AvgIpc) is 2.65. The number of hydrogen-bond donors (Lipinski definition) is 0. The molecule has 0 radical (unpaired) electrons. The summed E-state index contributed by atoms with van der Waals surface area (Å²) < 4.78 is 1.50. The molecular weight excluding hydrogens is 385 g/mol. The third-order valence-electron chi connectivity index (χ3n) is 4.18. The number of fused-ring (bicyclic) bond motifs is 1. The lowest BCUT2D eigenvalue weighted by molar-refractivity contribution is 0.0753. The summed E-state index contributed by atoms with van der Waals surface area (Å²) in [5.41, 5.74) is 0.752. The molecule has 0 bridgehead atoms. The van der Waals surface area contributed by atoms with E-state index in [1.165, 1.54) is 9.58 Å². The molecule has 1 amide bonds. The maximum Gasteiger partial charge on any atom is 0.278 e. The summed E-state index contributed by atoms with van der Waals surface area (Å²) in [6.45, 7) is 4.19. The van der Waals surface area contributed by atoms with Crippen LogP contribution in [-0.2, 0) is 13.6 Å². The second-order valence-corrected chi connectivity index (χ2v) is 6.87. The molecule has 0 saturated carbocycles. The van der Waals surface area contributed by atoms with Gasteiger partial charge in [0.1, 0.15) is 0 Å². The zero-order chi connectivity index (χ0) is 19.6. The van der Waals surface area contributed by atoms with Crippen LogP contribution in [0.2, 0.25) is 10.0 Å². The minimum atomic E-state index is -0.489. The van der Waals surface area contributed by atoms with Gasteiger partial charge >= 0.3 is 0 Å². The van der Waals surface area contributed by atoms with Crippen LogP contribution in [0.15, 0.2) is 59.9 Å². The number of amides is 1. The Morgan fingerprint density at radius 1 is 1.26 bits per heavy atom. The summed E-state index contributed by atoms with van der Waals surface area (Å²) >= 11 is 12.2. The maximum absolute atomic E-state index is 13.1. The molecule has 0 aliphatic rings. The molecule has 0 aliphatic carbocycles. The zero-order valence-electron chi connectivity index (χ0n) is 14.7. The molecule has 3 aromatic rings. The Bertz CT molecular complexity index is 1090. The van der Waals surface area contributed by atoms with Crippen molar-refractivity contribution >= 4 is 40.0 Å². The Kier molecular flexibility index (Phi) is 5.63. The summed E-state index contributed by atoms with van der Waals surface area (Å²) in [4.78, 5) is 27.4. The number of rotatable bonds is 5. The van der Waals surface area contributed by atoms with Gasteiger partial charge in [-0.25, -0.2) is 0 Å². The minimum absolute atomic E-state index is 0.166. The molecule has 1 aromatic heterocycles. The fourth-order valence-corrected chi connectivity index (χ4v) is 3.21. The van der Waals surface area contributed by atoms with Crippen molar-refractivity contribution in [1.82, 2.24) is 14.7 Å². The van der Waals surface area contributed by atoms with Crippen LogP contribution >= 0.6 is 23.2 Å². The van der Waals surface area contributed by atoms with Gasteiger partial charge in [0.25, 0.3) is 5.91 Å². The number of aryl methyl sites for hydroxylation is 1. The molecule has 0 spiro atoms. The molecule has 3 rings (SSSR count). The number of aromatic nitrogens is 2. The van der Waals surface area contributed by atoms with Crippen molar-refractivity contribution in [3.8, 4) is 0 Å². The Hall–Kier alpha value is -2.63. The van der Waals surface area contributed by atoms with E-state index < -0.39 is 11.3 Å². The van der Waals surface area contributed by atoms with Crippen LogP contribution in [0, 0.1) is 0 Å². The third kappa shape index (κ3) is 3.89. The topological polar surface area (TPSA) is 55.2 Å². The van der Waals surface area contributed by atoms with E-state index in [4.69, 9.17) is 23.2 Å². The monoisotopic (exact) mass is 401 g/mol. The fourth-order valence-electron chi connectivity index (χ4n) is 2.85. The van der Waals surface area contributed by atoms with Crippen LogP contribution in [0.1, 0.15) is 16.1 Å². The SMILES string of the molecule is C=CCN(Cc1ccccc1Cl)C(=O)c1nn(C)c2ccc(Cl)cc2c1=O. The Morgan fingerprint density at radius 2 is 2.00 bits per heavy atom. The van der Waals surface area contributed by atoms with Gasteiger partial charge in [-0.1, -0.05) is 47.5 Å². The molecule has 0 atom stereocenters. The van der Waals surface area contributed by atoms with Gasteiger partial charge in [0, 0.05) is 30.2 Å². The molecular formula is C20H17Cl2N3O2. The molecule has 7 heteroatoms. The van der Waals surface area contributed by atoms with E-state index in [-0.39, 0.29) is 18.8 Å². The number of halogens is 2. The van der Waals surface area contributed by atoms with Crippen LogP contribution in [0.5, 0.6) is 0 Å². The van der Waals surface area contributed by atoms with Crippen molar-refractivity contribution in [3.63, 3.8) is 0 Å². The summed E-state index contributed by atoms with van der Waals surface area (Å²) in [6.07, 6.45) is 1.59. The Labute approximate surface area is 166 Å². The number of nitrogens with zero attached hydrogens (tertiary/aromatic N) is 3. The van der Waals surface area contributed by atoms with Crippen LogP contribution in [-0.4, -0.2) is 27.1 Å². The number of carbonyl (C=O) groups is 1. The maximum atomic E-state index is 13.1. The van der Waals surface area contributed by atoms with Gasteiger partial charge in [-0.15, -0.1) is 6.58 Å². The highest BCUT2D eigenvalue weighted by atomic mass is 35.5. The third-order valence-corrected chi connectivity index (χ3v) is 4.78. The van der Waals surface area contributed by atoms with E-state index in [1.54, 1.807) is 37.4 Å². The van der Waals surface area contributed by atoms with Gasteiger partial charge < -0.3 is 4.90 Å². The van der Waals surface area contributed by atoms with Crippen molar-refractivity contribution in [2.75, 3.05) is 6.54 Å². The lowest BCUT2D eigenvalue weighted by Gasteiger charge is -2.21. The molecule has 0 aliphatic heterocycles. The van der Waals surface area contributed by atoms with Crippen LogP contribution in [0.25, 0.3) is 10.9 Å². The van der Waals surface area contributed by atoms with E-state index in [2.05, 4.69) is 11.7 Å². The standard InChI is InChI=1S/C20H17Cl2N3O2/c1-3-10-25(12-13-6-4-5-7-16(13)22)20(27)18-19(26)15-11-14(21)8-9-17(15)24(2)23-18/h3-9,11H,1,10,12H2,2H3. The van der Waals surface area contributed by atoms with Crippen molar-refractivity contribution in [2.45, 2.75) is 6.54 Å². The quantitative estimate of drug-likeness (QED) is 0.605. The Balaban J connectivity index is 2.06. The first-order chi connectivity index (χ1) is 12.9. The second-order valence-electron chi connectivity index (χ2n) is 6.03. The lowest BCUT2D eigenvalue weighted by atomic mass is 10.1. The summed E-state index contributed by atoms with van der Waals surface area (Å²) in [5, 5.41) is 5.51. The molecule has 1 heterocycles. The Morgan fingerprint density at radius 3 is 2.70 bits per heavy atom. The minimum Gasteiger partial charge on any atom is -0.329 e. The average molecular weight is 402 g/mol. The predicted octanol–water partition coefficient (Wildman–Crippen LogP) is 4.07. The summed E-state index contributed by atoms with van der Waals surface area (Å²) in [5.74, 6) is -0.489. The smallest absolute Gasteiger partial charge is 0.278 e. The van der Waals surface area contributed by atoms with Crippen molar-refractivity contribution in [3.05, 3.63) is 86.6 Å². The van der Waals surface area contributed by atoms with Gasteiger partial charge in [-0.3, -0.25) is 14.3 Å². The summed E-state index contributed by atoms with van der Waals surface area (Å²) in [6, 6.07) is 12.2. The molecule has 0 fully saturated rings. The summed E-state index contributed by atoms with van der Waals surface area (Å²) in [7, 11) is 1.68. The first-order valence-corrected chi connectivity index (χ1v) is 8.98. The largest absolute Gasteiger partial charge is 0.329 e. The molecule has 138 valence electrons. The molecule has 2 aromatic carbocycles. The number of carbonyl (C=O) groups excluding carboxylic acids is 1.